The molecular weight excluding hydrogens is 927 g/mol. The molecule has 1 spiro atoms. The van der Waals surface area contributed by atoms with E-state index < -0.39 is 5.41 Å². The van der Waals surface area contributed by atoms with Crippen molar-refractivity contribution in [1.29, 1.82) is 0 Å². The minimum absolute atomic E-state index is 0.0274. The van der Waals surface area contributed by atoms with Gasteiger partial charge in [-0.3, -0.25) is 0 Å². The van der Waals surface area contributed by atoms with E-state index in [1.54, 1.807) is 0 Å². The molecule has 0 fully saturated rings. The number of anilines is 3. The van der Waals surface area contributed by atoms with Crippen molar-refractivity contribution in [2.24, 2.45) is 16.7 Å². The van der Waals surface area contributed by atoms with Gasteiger partial charge in [-0.25, -0.2) is 0 Å². The largest absolute Gasteiger partial charge is 0.310 e. The SMILES string of the molecule is CC(C(C)(C)C)C(C)(c1ccc(-c2ccc3c(c2)C2(c4ccccc4-3)c3ccccc3-c3ccc(-c4cccc(N(c5ccc(-c6ccccc6)cc5)c5ccc6c(c5)C(C)(C)c5ccccc5-6)c4)cc32)cc1)C(C)(C)C. The number of nitrogens with zero attached hydrogens (tertiary/aromatic N) is 1. The minimum Gasteiger partial charge on any atom is -0.310 e. The molecule has 1 heteroatoms. The third-order valence-electron chi connectivity index (χ3n) is 19.1. The highest BCUT2D eigenvalue weighted by Crippen LogP contribution is 2.64. The first-order valence-electron chi connectivity index (χ1n) is 27.9. The van der Waals surface area contributed by atoms with Crippen LogP contribution in [0.5, 0.6) is 0 Å². The van der Waals surface area contributed by atoms with Crippen LogP contribution < -0.4 is 4.90 Å². The van der Waals surface area contributed by atoms with Crippen LogP contribution in [0, 0.1) is 16.7 Å². The molecule has 0 N–H and O–H groups in total. The van der Waals surface area contributed by atoms with Crippen LogP contribution >= 0.6 is 0 Å². The summed E-state index contributed by atoms with van der Waals surface area (Å²) in [6, 6.07) is 87.6. The summed E-state index contributed by atoms with van der Waals surface area (Å²) in [6.07, 6.45) is 0. The molecule has 1 nitrogen and oxygen atoms in total. The first-order valence-corrected chi connectivity index (χ1v) is 27.9. The Balaban J connectivity index is 0.945. The number of fused-ring (bicyclic) bond motifs is 13. The number of rotatable bonds is 8. The van der Waals surface area contributed by atoms with Crippen molar-refractivity contribution in [2.45, 2.75) is 85.5 Å². The van der Waals surface area contributed by atoms with Crippen LogP contribution in [0.15, 0.2) is 231 Å². The van der Waals surface area contributed by atoms with E-state index in [9.17, 15) is 0 Å². The zero-order valence-corrected chi connectivity index (χ0v) is 46.5. The van der Waals surface area contributed by atoms with E-state index in [1.807, 2.05) is 0 Å². The van der Waals surface area contributed by atoms with Gasteiger partial charge in [-0.1, -0.05) is 251 Å². The van der Waals surface area contributed by atoms with E-state index in [4.69, 9.17) is 0 Å². The summed E-state index contributed by atoms with van der Waals surface area (Å²) < 4.78 is 0. The Morgan fingerprint density at radius 3 is 1.31 bits per heavy atom. The lowest BCUT2D eigenvalue weighted by Gasteiger charge is -2.52. The Morgan fingerprint density at radius 1 is 0.325 bits per heavy atom. The molecule has 378 valence electrons. The van der Waals surface area contributed by atoms with Gasteiger partial charge < -0.3 is 4.90 Å². The van der Waals surface area contributed by atoms with Gasteiger partial charge in [-0.15, -0.1) is 0 Å². The molecule has 10 aromatic carbocycles. The van der Waals surface area contributed by atoms with Gasteiger partial charge in [0.25, 0.3) is 0 Å². The van der Waals surface area contributed by atoms with E-state index in [0.29, 0.717) is 5.92 Å². The Hall–Kier alpha value is -8.00. The highest BCUT2D eigenvalue weighted by atomic mass is 15.1. The predicted molar refractivity (Wildman–Crippen MR) is 327 cm³/mol. The maximum absolute atomic E-state index is 2.53. The van der Waals surface area contributed by atoms with Crippen LogP contribution in [0.3, 0.4) is 0 Å². The molecule has 3 atom stereocenters. The van der Waals surface area contributed by atoms with E-state index in [2.05, 4.69) is 305 Å². The van der Waals surface area contributed by atoms with Gasteiger partial charge in [-0.2, -0.15) is 0 Å². The van der Waals surface area contributed by atoms with E-state index in [-0.39, 0.29) is 21.7 Å². The van der Waals surface area contributed by atoms with Gasteiger partial charge in [0.1, 0.15) is 0 Å². The minimum atomic E-state index is -0.504. The number of hydrogen-bond donors (Lipinski definition) is 0. The van der Waals surface area contributed by atoms with Crippen molar-refractivity contribution in [3.05, 3.63) is 269 Å². The highest BCUT2D eigenvalue weighted by Gasteiger charge is 2.52. The Morgan fingerprint density at radius 2 is 0.727 bits per heavy atom. The van der Waals surface area contributed by atoms with E-state index >= 15 is 0 Å². The van der Waals surface area contributed by atoms with Crippen molar-refractivity contribution in [3.63, 3.8) is 0 Å². The highest BCUT2D eigenvalue weighted by molar-refractivity contribution is 5.97. The fraction of sp³-hybridized carbons (Fsp3) is 0.211. The lowest BCUT2D eigenvalue weighted by atomic mass is 9.53. The summed E-state index contributed by atoms with van der Waals surface area (Å²) in [5.41, 5.74) is 27.6. The van der Waals surface area contributed by atoms with Crippen LogP contribution in [0.2, 0.25) is 0 Å². The van der Waals surface area contributed by atoms with Crippen LogP contribution in [-0.2, 0) is 16.2 Å². The van der Waals surface area contributed by atoms with Crippen LogP contribution in [0.1, 0.15) is 108 Å². The Labute approximate surface area is 458 Å². The second-order valence-electron chi connectivity index (χ2n) is 25.2. The second-order valence-corrected chi connectivity index (χ2v) is 25.2. The average Bonchev–Trinajstić information content (AvgIpc) is 4.19. The van der Waals surface area contributed by atoms with Crippen LogP contribution in [0.4, 0.5) is 17.1 Å². The molecule has 3 aliphatic rings. The third kappa shape index (κ3) is 7.33. The molecule has 3 aliphatic carbocycles. The zero-order chi connectivity index (χ0) is 53.2. The second kappa shape index (κ2) is 17.5. The van der Waals surface area contributed by atoms with E-state index in [1.165, 1.54) is 106 Å². The van der Waals surface area contributed by atoms with Crippen molar-refractivity contribution in [2.75, 3.05) is 4.90 Å². The Kier molecular flexibility index (Phi) is 11.1. The summed E-state index contributed by atoms with van der Waals surface area (Å²) in [5, 5.41) is 0. The van der Waals surface area contributed by atoms with Gasteiger partial charge in [-0.05, 0) is 171 Å². The summed E-state index contributed by atoms with van der Waals surface area (Å²) in [5.74, 6) is 0.460. The van der Waals surface area contributed by atoms with E-state index in [0.717, 1.165) is 17.1 Å². The molecule has 3 unspecified atom stereocenters. The van der Waals surface area contributed by atoms with Crippen molar-refractivity contribution >= 4 is 17.1 Å². The number of benzene rings is 10. The maximum Gasteiger partial charge on any atom is 0.0725 e. The average molecular weight is 996 g/mol. The molecule has 0 aromatic heterocycles. The molecule has 0 heterocycles. The molecule has 0 saturated carbocycles. The van der Waals surface area contributed by atoms with Crippen LogP contribution in [-0.4, -0.2) is 0 Å². The molecule has 0 aliphatic heterocycles. The van der Waals surface area contributed by atoms with Crippen LogP contribution in [0.25, 0.3) is 66.8 Å². The molecular formula is C76H69N. The van der Waals surface area contributed by atoms with Gasteiger partial charge >= 0.3 is 0 Å². The predicted octanol–water partition coefficient (Wildman–Crippen LogP) is 20.8. The first kappa shape index (κ1) is 48.6. The first-order chi connectivity index (χ1) is 37.0. The molecule has 0 bridgehead atoms. The topological polar surface area (TPSA) is 3.24 Å². The lowest BCUT2D eigenvalue weighted by Crippen LogP contribution is -2.47. The number of hydrogen-bond acceptors (Lipinski definition) is 1. The lowest BCUT2D eigenvalue weighted by molar-refractivity contribution is 0.0579. The molecule has 0 radical (unpaired) electrons. The Bertz CT molecular complexity index is 3920. The molecule has 13 rings (SSSR count). The van der Waals surface area contributed by atoms with Gasteiger partial charge in [0.15, 0.2) is 0 Å². The third-order valence-corrected chi connectivity index (χ3v) is 19.1. The zero-order valence-electron chi connectivity index (χ0n) is 46.5. The van der Waals surface area contributed by atoms with Gasteiger partial charge in [0.2, 0.25) is 0 Å². The molecule has 0 amide bonds. The molecule has 10 aromatic rings. The normalized spacial score (nSPS) is 16.6. The smallest absolute Gasteiger partial charge is 0.0725 e. The summed E-state index contributed by atoms with van der Waals surface area (Å²) in [6.45, 7) is 24.1. The molecule has 77 heavy (non-hydrogen) atoms. The summed E-state index contributed by atoms with van der Waals surface area (Å²) in [4.78, 5) is 2.45. The van der Waals surface area contributed by atoms with Crippen molar-refractivity contribution < 1.29 is 0 Å². The maximum atomic E-state index is 2.53. The summed E-state index contributed by atoms with van der Waals surface area (Å²) in [7, 11) is 0. The fourth-order valence-corrected chi connectivity index (χ4v) is 14.2. The fourth-order valence-electron chi connectivity index (χ4n) is 14.2. The van der Waals surface area contributed by atoms with Gasteiger partial charge in [0, 0.05) is 27.9 Å². The standard InChI is InChI=1S/C76H69N/c1-49(72(2,3)4)75(10,73(5,6)7)56-37-31-52(32-38-56)54-35-42-64-61-26-15-18-29-67(61)76(70(64)46-54)68-30-19-16-27-62(68)65-43-36-55(47-71(65)76)53-23-20-24-58(45-53)77(57-39-33-51(34-40-57)50-21-12-11-13-22-50)59-41-44-63-60-25-14-17-28-66(60)74(8,9)69(63)48-59/h11-49H,1-10H3. The van der Waals surface area contributed by atoms with Crippen molar-refractivity contribution in [1.82, 2.24) is 0 Å². The molecule has 0 saturated heterocycles. The quantitative estimate of drug-likeness (QED) is 0.147. The summed E-state index contributed by atoms with van der Waals surface area (Å²) >= 11 is 0. The van der Waals surface area contributed by atoms with Gasteiger partial charge in [0.05, 0.1) is 5.41 Å². The van der Waals surface area contributed by atoms with Crippen molar-refractivity contribution in [3.8, 4) is 66.8 Å². The monoisotopic (exact) mass is 996 g/mol.